The van der Waals surface area contributed by atoms with E-state index in [4.69, 9.17) is 14.2 Å². The first-order valence-corrected chi connectivity index (χ1v) is 14.3. The zero-order valence-electron chi connectivity index (χ0n) is 24.8. The number of anilines is 1. The van der Waals surface area contributed by atoms with E-state index in [0.717, 1.165) is 55.0 Å². The van der Waals surface area contributed by atoms with Crippen molar-refractivity contribution in [3.63, 3.8) is 0 Å². The van der Waals surface area contributed by atoms with Crippen molar-refractivity contribution in [3.05, 3.63) is 95.2 Å². The van der Waals surface area contributed by atoms with Crippen LogP contribution in [0.1, 0.15) is 61.5 Å². The molecule has 0 saturated heterocycles. The fourth-order valence-corrected chi connectivity index (χ4v) is 5.50. The van der Waals surface area contributed by atoms with E-state index in [0.29, 0.717) is 17.9 Å². The van der Waals surface area contributed by atoms with Crippen LogP contribution in [0.15, 0.2) is 83.6 Å². The normalized spacial score (nSPS) is 17.1. The summed E-state index contributed by atoms with van der Waals surface area (Å²) in [7, 11) is 3.33. The van der Waals surface area contributed by atoms with Crippen molar-refractivity contribution in [2.24, 2.45) is 5.10 Å². The SMILES string of the molecule is CCCCCOc1ccccc1C(=O)N/N=C/C=C1\N(CC)c2ccccc2C1(C)Cc1cc(OC)cc(OC)c1. The molecule has 1 aliphatic rings. The first kappa shape index (κ1) is 29.7. The first-order valence-electron chi connectivity index (χ1n) is 14.3. The van der Waals surface area contributed by atoms with Crippen LogP contribution in [0.3, 0.4) is 0 Å². The number of allylic oxidation sites excluding steroid dienone is 2. The number of rotatable bonds is 13. The molecule has 1 N–H and O–H groups in total. The van der Waals surface area contributed by atoms with Gasteiger partial charge in [-0.15, -0.1) is 0 Å². The molecule has 7 heteroatoms. The minimum Gasteiger partial charge on any atom is -0.497 e. The monoisotopic (exact) mass is 555 g/mol. The Bertz CT molecular complexity index is 1380. The predicted octanol–water partition coefficient (Wildman–Crippen LogP) is 6.91. The van der Waals surface area contributed by atoms with Crippen LogP contribution in [0.4, 0.5) is 5.69 Å². The summed E-state index contributed by atoms with van der Waals surface area (Å²) in [6.07, 6.45) is 7.54. The number of ether oxygens (including phenoxy) is 3. The minimum atomic E-state index is -0.348. The number of hydrogen-bond acceptors (Lipinski definition) is 6. The topological polar surface area (TPSA) is 72.4 Å². The number of likely N-dealkylation sites (N-methyl/N-ethyl adjacent to an activating group) is 1. The van der Waals surface area contributed by atoms with E-state index < -0.39 is 0 Å². The van der Waals surface area contributed by atoms with Crippen LogP contribution in [-0.2, 0) is 11.8 Å². The molecule has 1 unspecified atom stereocenters. The molecule has 0 aromatic heterocycles. The quantitative estimate of drug-likeness (QED) is 0.141. The molecule has 0 bridgehead atoms. The Morgan fingerprint density at radius 2 is 1.68 bits per heavy atom. The molecule has 7 nitrogen and oxygen atoms in total. The zero-order valence-corrected chi connectivity index (χ0v) is 24.8. The standard InChI is InChI=1S/C34H41N3O4/c1-6-8-13-20-41-31-17-12-9-14-28(31)33(38)36-35-19-18-32-34(3,29-15-10-11-16-30(29)37(32)7-2)24-25-21-26(39-4)23-27(22-25)40-5/h9-12,14-19,21-23H,6-8,13,20,24H2,1-5H3,(H,36,38)/b32-18-,35-19+. The van der Waals surface area contributed by atoms with Crippen LogP contribution in [0.25, 0.3) is 0 Å². The highest BCUT2D eigenvalue weighted by Crippen LogP contribution is 2.49. The number of unbranched alkanes of at least 4 members (excludes halogenated alkanes) is 2. The third-order valence-electron chi connectivity index (χ3n) is 7.54. The van der Waals surface area contributed by atoms with Crippen molar-refractivity contribution < 1.29 is 19.0 Å². The molecule has 4 rings (SSSR count). The van der Waals surface area contributed by atoms with Crippen molar-refractivity contribution in [2.45, 2.75) is 51.9 Å². The number of nitrogens with zero attached hydrogens (tertiary/aromatic N) is 2. The molecular formula is C34H41N3O4. The lowest BCUT2D eigenvalue weighted by molar-refractivity contribution is 0.0951. The molecule has 3 aromatic carbocycles. The van der Waals surface area contributed by atoms with Gasteiger partial charge >= 0.3 is 0 Å². The molecule has 1 atom stereocenters. The smallest absolute Gasteiger partial charge is 0.275 e. The second-order valence-electron chi connectivity index (χ2n) is 10.3. The van der Waals surface area contributed by atoms with Crippen molar-refractivity contribution in [1.82, 2.24) is 5.43 Å². The van der Waals surface area contributed by atoms with Crippen molar-refractivity contribution in [3.8, 4) is 17.2 Å². The summed E-state index contributed by atoms with van der Waals surface area (Å²) < 4.78 is 17.0. The van der Waals surface area contributed by atoms with Crippen LogP contribution in [-0.4, -0.2) is 39.5 Å². The minimum absolute atomic E-state index is 0.306. The number of carbonyl (C=O) groups is 1. The number of methoxy groups -OCH3 is 2. The summed E-state index contributed by atoms with van der Waals surface area (Å²) in [5.74, 6) is 1.77. The summed E-state index contributed by atoms with van der Waals surface area (Å²) in [6.45, 7) is 7.91. The molecule has 0 spiro atoms. The maximum absolute atomic E-state index is 13.0. The maximum Gasteiger partial charge on any atom is 0.275 e. The van der Waals surface area contributed by atoms with E-state index in [9.17, 15) is 4.79 Å². The Hall–Kier alpha value is -4.26. The van der Waals surface area contributed by atoms with Gasteiger partial charge in [0.15, 0.2) is 0 Å². The zero-order chi connectivity index (χ0) is 29.2. The number of fused-ring (bicyclic) bond motifs is 1. The summed E-state index contributed by atoms with van der Waals surface area (Å²) in [5, 5.41) is 4.30. The van der Waals surface area contributed by atoms with Gasteiger partial charge in [0.2, 0.25) is 0 Å². The molecule has 0 radical (unpaired) electrons. The molecule has 0 aliphatic carbocycles. The second-order valence-corrected chi connectivity index (χ2v) is 10.3. The van der Waals surface area contributed by atoms with Crippen molar-refractivity contribution in [1.29, 1.82) is 0 Å². The molecular weight excluding hydrogens is 514 g/mol. The van der Waals surface area contributed by atoms with Crippen LogP contribution >= 0.6 is 0 Å². The van der Waals surface area contributed by atoms with E-state index >= 15 is 0 Å². The second kappa shape index (κ2) is 13.9. The summed E-state index contributed by atoms with van der Waals surface area (Å²) in [5.41, 5.74) is 7.41. The largest absolute Gasteiger partial charge is 0.497 e. The van der Waals surface area contributed by atoms with Gasteiger partial charge in [-0.2, -0.15) is 5.10 Å². The molecule has 216 valence electrons. The Labute approximate surface area is 243 Å². The van der Waals surface area contributed by atoms with E-state index in [1.807, 2.05) is 30.3 Å². The summed E-state index contributed by atoms with van der Waals surface area (Å²) >= 11 is 0. The molecule has 0 saturated carbocycles. The van der Waals surface area contributed by atoms with Crippen molar-refractivity contribution >= 4 is 17.8 Å². The van der Waals surface area contributed by atoms with Gasteiger partial charge in [-0.3, -0.25) is 4.79 Å². The lowest BCUT2D eigenvalue weighted by atomic mass is 9.76. The van der Waals surface area contributed by atoms with Gasteiger partial charge in [0.25, 0.3) is 5.91 Å². The summed E-state index contributed by atoms with van der Waals surface area (Å²) in [6, 6.07) is 21.7. The fourth-order valence-electron chi connectivity index (χ4n) is 5.50. The third kappa shape index (κ3) is 6.73. The summed E-state index contributed by atoms with van der Waals surface area (Å²) in [4.78, 5) is 15.3. The number of para-hydroxylation sites is 2. The van der Waals surface area contributed by atoms with Crippen LogP contribution in [0.5, 0.6) is 17.2 Å². The lowest BCUT2D eigenvalue weighted by Crippen LogP contribution is -2.31. The van der Waals surface area contributed by atoms with Crippen LogP contribution in [0, 0.1) is 0 Å². The van der Waals surface area contributed by atoms with Gasteiger partial charge in [-0.25, -0.2) is 5.43 Å². The average Bonchev–Trinajstić information content (AvgIpc) is 3.23. The Balaban J connectivity index is 1.59. The van der Waals surface area contributed by atoms with Gasteiger partial charge in [0, 0.05) is 35.6 Å². The van der Waals surface area contributed by atoms with Gasteiger partial charge in [0.1, 0.15) is 17.2 Å². The average molecular weight is 556 g/mol. The fraction of sp³-hybridized carbons (Fsp3) is 0.353. The van der Waals surface area contributed by atoms with E-state index in [1.54, 1.807) is 26.5 Å². The molecule has 3 aromatic rings. The van der Waals surface area contributed by atoms with E-state index in [1.165, 1.54) is 11.3 Å². The Kier molecular flexibility index (Phi) is 10.1. The van der Waals surface area contributed by atoms with Gasteiger partial charge in [-0.05, 0) is 74.2 Å². The van der Waals surface area contributed by atoms with Gasteiger partial charge < -0.3 is 19.1 Å². The van der Waals surface area contributed by atoms with Crippen molar-refractivity contribution in [2.75, 3.05) is 32.3 Å². The highest BCUT2D eigenvalue weighted by atomic mass is 16.5. The predicted molar refractivity (Wildman–Crippen MR) is 166 cm³/mol. The highest BCUT2D eigenvalue weighted by molar-refractivity contribution is 5.97. The maximum atomic E-state index is 13.0. The van der Waals surface area contributed by atoms with E-state index in [2.05, 4.69) is 72.6 Å². The number of hydrazone groups is 1. The number of hydrogen-bond donors (Lipinski definition) is 1. The molecule has 1 heterocycles. The van der Waals surface area contributed by atoms with Crippen LogP contribution < -0.4 is 24.5 Å². The van der Waals surface area contributed by atoms with E-state index in [-0.39, 0.29) is 11.3 Å². The number of carbonyl (C=O) groups excluding carboxylic acids is 1. The number of nitrogens with one attached hydrogen (secondary N) is 1. The Morgan fingerprint density at radius 1 is 0.976 bits per heavy atom. The van der Waals surface area contributed by atoms with Crippen LogP contribution in [0.2, 0.25) is 0 Å². The first-order chi connectivity index (χ1) is 19.9. The van der Waals surface area contributed by atoms with Gasteiger partial charge in [0.05, 0.1) is 26.4 Å². The number of benzene rings is 3. The molecule has 1 aliphatic heterocycles. The highest BCUT2D eigenvalue weighted by Gasteiger charge is 2.43. The third-order valence-corrected chi connectivity index (χ3v) is 7.54. The lowest BCUT2D eigenvalue weighted by Gasteiger charge is -2.30. The molecule has 1 amide bonds. The molecule has 41 heavy (non-hydrogen) atoms. The van der Waals surface area contributed by atoms with Gasteiger partial charge in [-0.1, -0.05) is 50.1 Å². The number of amides is 1. The Morgan fingerprint density at radius 3 is 2.39 bits per heavy atom. The molecule has 0 fully saturated rings.